The highest BCUT2D eigenvalue weighted by Gasteiger charge is 2.31. The van der Waals surface area contributed by atoms with E-state index in [-0.39, 0.29) is 18.3 Å². The first kappa shape index (κ1) is 15.8. The van der Waals surface area contributed by atoms with Crippen molar-refractivity contribution in [1.29, 1.82) is 0 Å². The first-order valence-electron chi connectivity index (χ1n) is 8.38. The number of hydrogen-bond donors (Lipinski definition) is 2. The first-order valence-corrected chi connectivity index (χ1v) is 8.38. The Morgan fingerprint density at radius 1 is 1.36 bits per heavy atom. The van der Waals surface area contributed by atoms with E-state index in [1.54, 1.807) is 10.7 Å². The minimum Gasteiger partial charge on any atom is -0.475 e. The largest absolute Gasteiger partial charge is 0.475 e. The Morgan fingerprint density at radius 3 is 2.92 bits per heavy atom. The average molecular weight is 341 g/mol. The van der Waals surface area contributed by atoms with E-state index >= 15 is 0 Å². The van der Waals surface area contributed by atoms with Gasteiger partial charge in [0.1, 0.15) is 5.58 Å². The first-order chi connectivity index (χ1) is 12.1. The van der Waals surface area contributed by atoms with Crippen molar-refractivity contribution in [2.75, 3.05) is 6.61 Å². The Kier molecular flexibility index (Phi) is 4.01. The van der Waals surface area contributed by atoms with Gasteiger partial charge in [-0.1, -0.05) is 11.3 Å². The van der Waals surface area contributed by atoms with Crippen LogP contribution in [-0.2, 0) is 13.0 Å². The SMILES string of the molecule is O=C(O)c1cc2cc(Cn3cc(CC(CO)C4CC4)nn3)ccc2o1. The summed E-state index contributed by atoms with van der Waals surface area (Å²) in [4.78, 5) is 11.0. The molecule has 1 aliphatic carbocycles. The van der Waals surface area contributed by atoms with Gasteiger partial charge in [-0.25, -0.2) is 9.48 Å². The number of aromatic nitrogens is 3. The Morgan fingerprint density at radius 2 is 2.20 bits per heavy atom. The Labute approximate surface area is 143 Å². The number of furan rings is 1. The third-order valence-corrected chi connectivity index (χ3v) is 4.72. The molecular formula is C18H19N3O4. The molecule has 0 bridgehead atoms. The second-order valence-corrected chi connectivity index (χ2v) is 6.68. The molecule has 1 fully saturated rings. The number of nitrogens with zero attached hydrogens (tertiary/aromatic N) is 3. The molecule has 0 aliphatic heterocycles. The summed E-state index contributed by atoms with van der Waals surface area (Å²) in [6.45, 7) is 0.740. The van der Waals surface area contributed by atoms with Gasteiger partial charge in [-0.2, -0.15) is 0 Å². The van der Waals surface area contributed by atoms with Crippen molar-refractivity contribution in [1.82, 2.24) is 15.0 Å². The molecule has 0 saturated heterocycles. The summed E-state index contributed by atoms with van der Waals surface area (Å²) < 4.78 is 7.03. The number of carboxylic acid groups (broad SMARTS) is 1. The van der Waals surface area contributed by atoms with Crippen LogP contribution in [0.3, 0.4) is 0 Å². The summed E-state index contributed by atoms with van der Waals surface area (Å²) in [5.74, 6) is -0.234. The summed E-state index contributed by atoms with van der Waals surface area (Å²) in [5, 5.41) is 27.6. The molecule has 1 atom stereocenters. The van der Waals surface area contributed by atoms with Crippen molar-refractivity contribution >= 4 is 16.9 Å². The van der Waals surface area contributed by atoms with Crippen LogP contribution in [0.25, 0.3) is 11.0 Å². The smallest absolute Gasteiger partial charge is 0.371 e. The third kappa shape index (κ3) is 3.41. The molecule has 0 spiro atoms. The maximum atomic E-state index is 11.0. The maximum Gasteiger partial charge on any atom is 0.371 e. The van der Waals surface area contributed by atoms with Crippen LogP contribution >= 0.6 is 0 Å². The lowest BCUT2D eigenvalue weighted by Crippen LogP contribution is -2.12. The standard InChI is InChI=1S/C18H19N3O4/c22-10-14(12-2-3-12)6-15-9-21(20-19-15)8-11-1-4-16-13(5-11)7-17(25-16)18(23)24/h1,4-5,7,9,12,14,22H,2-3,6,8,10H2,(H,23,24). The molecule has 130 valence electrons. The number of carbonyl (C=O) groups is 1. The summed E-state index contributed by atoms with van der Waals surface area (Å²) in [6, 6.07) is 7.08. The predicted octanol–water partition coefficient (Wildman–Crippen LogP) is 2.33. The molecule has 4 rings (SSSR count). The number of aliphatic hydroxyl groups excluding tert-OH is 1. The average Bonchev–Trinajstić information content (AvgIpc) is 3.19. The van der Waals surface area contributed by atoms with Crippen LogP contribution < -0.4 is 0 Å². The molecule has 0 amide bonds. The normalized spacial score (nSPS) is 15.6. The molecule has 1 saturated carbocycles. The number of aromatic carboxylic acids is 1. The third-order valence-electron chi connectivity index (χ3n) is 4.72. The molecule has 25 heavy (non-hydrogen) atoms. The van der Waals surface area contributed by atoms with E-state index in [0.717, 1.165) is 23.1 Å². The predicted molar refractivity (Wildman–Crippen MR) is 89.3 cm³/mol. The minimum absolute atomic E-state index is 0.0645. The lowest BCUT2D eigenvalue weighted by atomic mass is 9.99. The fourth-order valence-corrected chi connectivity index (χ4v) is 3.21. The number of benzene rings is 1. The quantitative estimate of drug-likeness (QED) is 0.684. The van der Waals surface area contributed by atoms with Gasteiger partial charge in [0.15, 0.2) is 0 Å². The Balaban J connectivity index is 1.48. The van der Waals surface area contributed by atoms with Gasteiger partial charge in [-0.05, 0) is 54.9 Å². The van der Waals surface area contributed by atoms with Crippen molar-refractivity contribution in [2.45, 2.75) is 25.8 Å². The monoisotopic (exact) mass is 341 g/mol. The molecule has 7 nitrogen and oxygen atoms in total. The van der Waals surface area contributed by atoms with Crippen molar-refractivity contribution in [3.63, 3.8) is 0 Å². The second-order valence-electron chi connectivity index (χ2n) is 6.68. The van der Waals surface area contributed by atoms with Crippen molar-refractivity contribution in [2.24, 2.45) is 11.8 Å². The zero-order valence-corrected chi connectivity index (χ0v) is 13.6. The highest BCUT2D eigenvalue weighted by atomic mass is 16.4. The lowest BCUT2D eigenvalue weighted by molar-refractivity contribution is 0.0665. The summed E-state index contributed by atoms with van der Waals surface area (Å²) in [5.41, 5.74) is 2.43. The van der Waals surface area contributed by atoms with Crippen LogP contribution in [0.4, 0.5) is 0 Å². The number of aliphatic hydroxyl groups is 1. The lowest BCUT2D eigenvalue weighted by Gasteiger charge is -2.09. The fraction of sp³-hybridized carbons (Fsp3) is 0.389. The van der Waals surface area contributed by atoms with E-state index < -0.39 is 5.97 Å². The second kappa shape index (κ2) is 6.33. The van der Waals surface area contributed by atoms with E-state index in [2.05, 4.69) is 10.3 Å². The van der Waals surface area contributed by atoms with Gasteiger partial charge < -0.3 is 14.6 Å². The van der Waals surface area contributed by atoms with Gasteiger partial charge in [0, 0.05) is 18.2 Å². The molecular weight excluding hydrogens is 322 g/mol. The van der Waals surface area contributed by atoms with E-state index in [9.17, 15) is 9.90 Å². The van der Waals surface area contributed by atoms with Crippen molar-refractivity contribution in [3.8, 4) is 0 Å². The van der Waals surface area contributed by atoms with Gasteiger partial charge >= 0.3 is 5.97 Å². The van der Waals surface area contributed by atoms with Gasteiger partial charge in [0.05, 0.1) is 12.2 Å². The highest BCUT2D eigenvalue weighted by molar-refractivity contribution is 5.91. The van der Waals surface area contributed by atoms with Crippen LogP contribution in [-0.4, -0.2) is 37.8 Å². The fourth-order valence-electron chi connectivity index (χ4n) is 3.21. The molecule has 0 radical (unpaired) electrons. The summed E-state index contributed by atoms with van der Waals surface area (Å²) >= 11 is 0. The van der Waals surface area contributed by atoms with Gasteiger partial charge in [-0.3, -0.25) is 0 Å². The molecule has 1 unspecified atom stereocenters. The number of carboxylic acids is 1. The van der Waals surface area contributed by atoms with E-state index in [4.69, 9.17) is 9.52 Å². The van der Waals surface area contributed by atoms with Gasteiger partial charge in [-0.15, -0.1) is 5.10 Å². The van der Waals surface area contributed by atoms with Gasteiger partial charge in [0.2, 0.25) is 5.76 Å². The van der Waals surface area contributed by atoms with Crippen molar-refractivity contribution in [3.05, 3.63) is 47.5 Å². The maximum absolute atomic E-state index is 11.0. The molecule has 1 aliphatic rings. The number of hydrogen-bond acceptors (Lipinski definition) is 5. The molecule has 2 N–H and O–H groups in total. The van der Waals surface area contributed by atoms with Crippen molar-refractivity contribution < 1.29 is 19.4 Å². The Bertz CT molecular complexity index is 910. The van der Waals surface area contributed by atoms with E-state index in [1.165, 1.54) is 18.9 Å². The summed E-state index contributed by atoms with van der Waals surface area (Å²) in [7, 11) is 0. The molecule has 1 aromatic carbocycles. The minimum atomic E-state index is -1.08. The topological polar surface area (TPSA) is 101 Å². The van der Waals surface area contributed by atoms with E-state index in [0.29, 0.717) is 18.0 Å². The van der Waals surface area contributed by atoms with Crippen LogP contribution in [0.1, 0.15) is 34.7 Å². The zero-order chi connectivity index (χ0) is 17.4. The Hall–Kier alpha value is -2.67. The highest BCUT2D eigenvalue weighted by Crippen LogP contribution is 2.37. The number of rotatable bonds is 7. The summed E-state index contributed by atoms with van der Waals surface area (Å²) in [6.07, 6.45) is 5.06. The van der Waals surface area contributed by atoms with Crippen LogP contribution in [0.2, 0.25) is 0 Å². The van der Waals surface area contributed by atoms with Crippen LogP contribution in [0, 0.1) is 11.8 Å². The molecule has 7 heteroatoms. The molecule has 3 aromatic rings. The van der Waals surface area contributed by atoms with E-state index in [1.807, 2.05) is 18.3 Å². The van der Waals surface area contributed by atoms with Crippen LogP contribution in [0.5, 0.6) is 0 Å². The zero-order valence-electron chi connectivity index (χ0n) is 13.6. The number of fused-ring (bicyclic) bond motifs is 1. The van der Waals surface area contributed by atoms with Gasteiger partial charge in [0.25, 0.3) is 0 Å². The molecule has 2 aromatic heterocycles. The van der Waals surface area contributed by atoms with Crippen LogP contribution in [0.15, 0.2) is 34.9 Å². The molecule has 2 heterocycles.